The number of rotatable bonds is 5. The minimum Gasteiger partial charge on any atom is -0.497 e. The van der Waals surface area contributed by atoms with Crippen molar-refractivity contribution in [2.24, 2.45) is 12.8 Å². The molecule has 0 radical (unpaired) electrons. The fraction of sp³-hybridized carbons (Fsp3) is 0.333. The van der Waals surface area contributed by atoms with Gasteiger partial charge in [-0.05, 0) is 6.07 Å². The molecular formula is C12H16N4O2. The Balaban J connectivity index is 2.14. The average Bonchev–Trinajstić information content (AvgIpc) is 2.81. The van der Waals surface area contributed by atoms with Crippen LogP contribution in [0.15, 0.2) is 24.5 Å². The maximum atomic E-state index is 5.71. The summed E-state index contributed by atoms with van der Waals surface area (Å²) in [6.07, 6.45) is 1.49. The normalized spacial score (nSPS) is 10.4. The van der Waals surface area contributed by atoms with Gasteiger partial charge in [0.15, 0.2) is 5.82 Å². The molecule has 0 spiro atoms. The molecule has 0 unspecified atom stereocenters. The third-order valence-corrected chi connectivity index (χ3v) is 2.66. The number of aromatic nitrogens is 3. The van der Waals surface area contributed by atoms with Gasteiger partial charge in [-0.15, -0.1) is 0 Å². The van der Waals surface area contributed by atoms with Crippen LogP contribution in [0.3, 0.4) is 0 Å². The Labute approximate surface area is 105 Å². The fourth-order valence-corrected chi connectivity index (χ4v) is 1.56. The van der Waals surface area contributed by atoms with Crippen LogP contribution in [0.25, 0.3) is 0 Å². The first-order chi connectivity index (χ1) is 8.74. The van der Waals surface area contributed by atoms with Gasteiger partial charge in [0.1, 0.15) is 24.4 Å². The lowest BCUT2D eigenvalue weighted by Crippen LogP contribution is -2.07. The quantitative estimate of drug-likeness (QED) is 0.849. The molecule has 0 saturated heterocycles. The first kappa shape index (κ1) is 12.4. The van der Waals surface area contributed by atoms with Crippen LogP contribution in [0.1, 0.15) is 11.4 Å². The van der Waals surface area contributed by atoms with Crippen molar-refractivity contribution in [2.75, 3.05) is 7.11 Å². The molecule has 0 atom stereocenters. The van der Waals surface area contributed by atoms with Crippen molar-refractivity contribution >= 4 is 0 Å². The van der Waals surface area contributed by atoms with E-state index < -0.39 is 0 Å². The third-order valence-electron chi connectivity index (χ3n) is 2.66. The van der Waals surface area contributed by atoms with E-state index in [9.17, 15) is 0 Å². The molecule has 1 aromatic heterocycles. The fourth-order valence-electron chi connectivity index (χ4n) is 1.56. The van der Waals surface area contributed by atoms with Crippen LogP contribution >= 0.6 is 0 Å². The molecule has 18 heavy (non-hydrogen) atoms. The van der Waals surface area contributed by atoms with Gasteiger partial charge in [0.2, 0.25) is 0 Å². The van der Waals surface area contributed by atoms with E-state index in [1.807, 2.05) is 25.2 Å². The minimum atomic E-state index is 0.344. The summed E-state index contributed by atoms with van der Waals surface area (Å²) in [5, 5.41) is 3.98. The molecule has 0 aliphatic carbocycles. The average molecular weight is 248 g/mol. The molecule has 0 saturated carbocycles. The second-order valence-electron chi connectivity index (χ2n) is 3.77. The monoisotopic (exact) mass is 248 g/mol. The molecule has 96 valence electrons. The molecule has 2 N–H and O–H groups in total. The van der Waals surface area contributed by atoms with Crippen LogP contribution in [0.2, 0.25) is 0 Å². The van der Waals surface area contributed by atoms with Gasteiger partial charge in [0.05, 0.1) is 7.11 Å². The smallest absolute Gasteiger partial charge is 0.164 e. The van der Waals surface area contributed by atoms with Crippen LogP contribution in [0.5, 0.6) is 11.5 Å². The lowest BCUT2D eigenvalue weighted by Gasteiger charge is -2.11. The first-order valence-corrected chi connectivity index (χ1v) is 5.57. The molecule has 0 bridgehead atoms. The van der Waals surface area contributed by atoms with Gasteiger partial charge in [-0.2, -0.15) is 5.10 Å². The van der Waals surface area contributed by atoms with Crippen LogP contribution < -0.4 is 15.2 Å². The summed E-state index contributed by atoms with van der Waals surface area (Å²) in [6.45, 7) is 0.759. The number of methoxy groups -OCH3 is 1. The van der Waals surface area contributed by atoms with Gasteiger partial charge in [0.25, 0.3) is 0 Å². The molecule has 0 aliphatic rings. The summed E-state index contributed by atoms with van der Waals surface area (Å²) >= 11 is 0. The Hall–Kier alpha value is -2.08. The second kappa shape index (κ2) is 5.50. The zero-order chi connectivity index (χ0) is 13.0. The number of hydrogen-bond donors (Lipinski definition) is 1. The summed E-state index contributed by atoms with van der Waals surface area (Å²) in [7, 11) is 3.44. The SMILES string of the molecule is COc1ccc(CN)c(OCc2ncnn2C)c1. The van der Waals surface area contributed by atoms with E-state index in [4.69, 9.17) is 15.2 Å². The van der Waals surface area contributed by atoms with Gasteiger partial charge < -0.3 is 15.2 Å². The highest BCUT2D eigenvalue weighted by Crippen LogP contribution is 2.25. The topological polar surface area (TPSA) is 75.2 Å². The number of aryl methyl sites for hydroxylation is 1. The van der Waals surface area contributed by atoms with E-state index in [1.54, 1.807) is 11.8 Å². The van der Waals surface area contributed by atoms with Crippen molar-refractivity contribution in [3.8, 4) is 11.5 Å². The molecule has 6 nitrogen and oxygen atoms in total. The molecule has 0 amide bonds. The number of nitrogens with zero attached hydrogens (tertiary/aromatic N) is 3. The van der Waals surface area contributed by atoms with Crippen molar-refractivity contribution in [3.63, 3.8) is 0 Å². The molecule has 6 heteroatoms. The van der Waals surface area contributed by atoms with Crippen LogP contribution in [-0.4, -0.2) is 21.9 Å². The summed E-state index contributed by atoms with van der Waals surface area (Å²) in [6, 6.07) is 5.57. The number of ether oxygens (including phenoxy) is 2. The minimum absolute atomic E-state index is 0.344. The second-order valence-corrected chi connectivity index (χ2v) is 3.77. The summed E-state index contributed by atoms with van der Waals surface area (Å²) in [4.78, 5) is 4.09. The molecule has 1 aromatic carbocycles. The van der Waals surface area contributed by atoms with Crippen molar-refractivity contribution in [3.05, 3.63) is 35.9 Å². The Kier molecular flexibility index (Phi) is 3.78. The summed E-state index contributed by atoms with van der Waals surface area (Å²) in [5.41, 5.74) is 6.60. The zero-order valence-corrected chi connectivity index (χ0v) is 10.5. The Morgan fingerprint density at radius 1 is 1.39 bits per heavy atom. The molecule has 2 aromatic rings. The lowest BCUT2D eigenvalue weighted by atomic mass is 10.2. The van der Waals surface area contributed by atoms with E-state index in [-0.39, 0.29) is 0 Å². The van der Waals surface area contributed by atoms with Crippen LogP contribution in [-0.2, 0) is 20.2 Å². The number of hydrogen-bond acceptors (Lipinski definition) is 5. The third kappa shape index (κ3) is 2.60. The molecular weight excluding hydrogens is 232 g/mol. The van der Waals surface area contributed by atoms with Gasteiger partial charge in [-0.25, -0.2) is 4.98 Å². The molecule has 2 rings (SSSR count). The van der Waals surface area contributed by atoms with Crippen molar-refractivity contribution in [2.45, 2.75) is 13.2 Å². The summed E-state index contributed by atoms with van der Waals surface area (Å²) < 4.78 is 12.5. The van der Waals surface area contributed by atoms with Crippen molar-refractivity contribution in [1.29, 1.82) is 0 Å². The highest BCUT2D eigenvalue weighted by Gasteiger charge is 2.07. The molecule has 1 heterocycles. The highest BCUT2D eigenvalue weighted by molar-refractivity contribution is 5.40. The number of nitrogens with two attached hydrogens (primary N) is 1. The van der Waals surface area contributed by atoms with E-state index in [0.717, 1.165) is 17.1 Å². The number of benzene rings is 1. The van der Waals surface area contributed by atoms with Crippen LogP contribution in [0.4, 0.5) is 0 Å². The summed E-state index contributed by atoms with van der Waals surface area (Å²) in [5.74, 6) is 2.20. The van der Waals surface area contributed by atoms with E-state index >= 15 is 0 Å². The maximum absolute atomic E-state index is 5.71. The predicted molar refractivity (Wildman–Crippen MR) is 66.2 cm³/mol. The van der Waals surface area contributed by atoms with Crippen LogP contribution in [0, 0.1) is 0 Å². The van der Waals surface area contributed by atoms with Crippen molar-refractivity contribution < 1.29 is 9.47 Å². The van der Waals surface area contributed by atoms with Crippen molar-refractivity contribution in [1.82, 2.24) is 14.8 Å². The Bertz CT molecular complexity index is 525. The molecule has 0 aliphatic heterocycles. The Morgan fingerprint density at radius 2 is 2.22 bits per heavy atom. The zero-order valence-electron chi connectivity index (χ0n) is 10.5. The van der Waals surface area contributed by atoms with Gasteiger partial charge in [-0.1, -0.05) is 6.07 Å². The van der Waals surface area contributed by atoms with E-state index in [1.165, 1.54) is 6.33 Å². The largest absolute Gasteiger partial charge is 0.497 e. The van der Waals surface area contributed by atoms with E-state index in [0.29, 0.717) is 18.9 Å². The van der Waals surface area contributed by atoms with Gasteiger partial charge in [0, 0.05) is 25.2 Å². The first-order valence-electron chi connectivity index (χ1n) is 5.57. The maximum Gasteiger partial charge on any atom is 0.164 e. The van der Waals surface area contributed by atoms with E-state index in [2.05, 4.69) is 10.1 Å². The lowest BCUT2D eigenvalue weighted by molar-refractivity contribution is 0.285. The van der Waals surface area contributed by atoms with Gasteiger partial charge in [-0.3, -0.25) is 4.68 Å². The predicted octanol–water partition coefficient (Wildman–Crippen LogP) is 0.861. The molecule has 0 fully saturated rings. The van der Waals surface area contributed by atoms with Gasteiger partial charge >= 0.3 is 0 Å². The standard InChI is InChI=1S/C12H16N4O2/c1-16-12(14-8-15-16)7-18-11-5-10(17-2)4-3-9(11)6-13/h3-5,8H,6-7,13H2,1-2H3. The highest BCUT2D eigenvalue weighted by atomic mass is 16.5. The Morgan fingerprint density at radius 3 is 2.83 bits per heavy atom.